The lowest BCUT2D eigenvalue weighted by atomic mass is 9.79. The fourth-order valence-electron chi connectivity index (χ4n) is 5.14. The van der Waals surface area contributed by atoms with Crippen LogP contribution in [0.15, 0.2) is 54.6 Å². The quantitative estimate of drug-likeness (QED) is 0.552. The molecule has 0 spiro atoms. The highest BCUT2D eigenvalue weighted by molar-refractivity contribution is 5.83. The van der Waals surface area contributed by atoms with Crippen molar-refractivity contribution in [2.24, 2.45) is 12.5 Å². The van der Waals surface area contributed by atoms with Crippen molar-refractivity contribution in [2.75, 3.05) is 34.3 Å². The molecule has 6 heteroatoms. The van der Waals surface area contributed by atoms with E-state index in [9.17, 15) is 4.79 Å². The van der Waals surface area contributed by atoms with Crippen molar-refractivity contribution in [3.63, 3.8) is 0 Å². The van der Waals surface area contributed by atoms with E-state index in [1.807, 2.05) is 34.1 Å². The van der Waals surface area contributed by atoms with Crippen LogP contribution in [-0.4, -0.2) is 59.8 Å². The third-order valence-corrected chi connectivity index (χ3v) is 6.76. The summed E-state index contributed by atoms with van der Waals surface area (Å²) in [5.74, 6) is 0.993. The number of ether oxygens (including phenoxy) is 1. The molecule has 0 saturated carbocycles. The van der Waals surface area contributed by atoms with Crippen LogP contribution in [0.5, 0.6) is 5.88 Å². The Balaban J connectivity index is 1.55. The molecule has 1 aliphatic heterocycles. The summed E-state index contributed by atoms with van der Waals surface area (Å²) in [5.41, 5.74) is 5.24. The summed E-state index contributed by atoms with van der Waals surface area (Å²) < 4.78 is 7.37. The van der Waals surface area contributed by atoms with Gasteiger partial charge in [0.1, 0.15) is 0 Å². The van der Waals surface area contributed by atoms with E-state index in [4.69, 9.17) is 4.74 Å². The first kappa shape index (κ1) is 23.1. The first-order chi connectivity index (χ1) is 15.8. The van der Waals surface area contributed by atoms with Crippen LogP contribution < -0.4 is 4.74 Å². The van der Waals surface area contributed by atoms with Crippen LogP contribution in [-0.2, 0) is 24.8 Å². The molecule has 1 aliphatic rings. The molecule has 6 nitrogen and oxygen atoms in total. The predicted molar refractivity (Wildman–Crippen MR) is 131 cm³/mol. The monoisotopic (exact) mass is 446 g/mol. The zero-order chi connectivity index (χ0) is 23.6. The smallest absolute Gasteiger partial charge is 0.229 e. The SMILES string of the molecule is COc1c(CN2CC[C@](Cc3ccc(-c4ccccc4)cc3)(C(=O)N(C)C)C2)c(C)nn1C. The molecule has 33 heavy (non-hydrogen) atoms. The number of aromatic nitrogens is 2. The zero-order valence-corrected chi connectivity index (χ0v) is 20.3. The normalized spacial score (nSPS) is 18.5. The standard InChI is InChI=1S/C27H34N4O2/c1-20-24(25(33-5)30(4)28-20)18-31-16-15-27(19-31,26(32)29(2)3)17-21-11-13-23(14-12-21)22-9-7-6-8-10-22/h6-14H,15-19H2,1-5H3/t27-/m1/s1. The molecular formula is C27H34N4O2. The van der Waals surface area contributed by atoms with E-state index in [2.05, 4.69) is 58.5 Å². The number of likely N-dealkylation sites (tertiary alicyclic amines) is 1. The number of nitrogens with zero attached hydrogens (tertiary/aromatic N) is 4. The van der Waals surface area contributed by atoms with Gasteiger partial charge in [-0.1, -0.05) is 54.6 Å². The van der Waals surface area contributed by atoms with Gasteiger partial charge in [-0.2, -0.15) is 5.10 Å². The average Bonchev–Trinajstić information content (AvgIpc) is 3.34. The first-order valence-corrected chi connectivity index (χ1v) is 11.5. The van der Waals surface area contributed by atoms with E-state index >= 15 is 0 Å². The molecule has 0 aliphatic carbocycles. The molecule has 2 aromatic carbocycles. The van der Waals surface area contributed by atoms with Crippen molar-refractivity contribution >= 4 is 5.91 Å². The Bertz CT molecular complexity index is 1110. The highest BCUT2D eigenvalue weighted by Crippen LogP contribution is 2.38. The second-order valence-corrected chi connectivity index (χ2v) is 9.38. The van der Waals surface area contributed by atoms with Gasteiger partial charge in [-0.15, -0.1) is 0 Å². The highest BCUT2D eigenvalue weighted by atomic mass is 16.5. The second-order valence-electron chi connectivity index (χ2n) is 9.38. The van der Waals surface area contributed by atoms with Crippen LogP contribution in [0.1, 0.15) is 23.2 Å². The van der Waals surface area contributed by atoms with E-state index in [0.29, 0.717) is 0 Å². The molecule has 0 N–H and O–H groups in total. The minimum atomic E-state index is -0.429. The maximum Gasteiger partial charge on any atom is 0.229 e. The van der Waals surface area contributed by atoms with Crippen LogP contribution >= 0.6 is 0 Å². The maximum atomic E-state index is 13.4. The zero-order valence-electron chi connectivity index (χ0n) is 20.3. The van der Waals surface area contributed by atoms with E-state index in [0.717, 1.165) is 49.6 Å². The molecule has 1 amide bonds. The third kappa shape index (κ3) is 4.67. The van der Waals surface area contributed by atoms with Crippen LogP contribution in [0.3, 0.4) is 0 Å². The molecule has 1 fully saturated rings. The number of hydrogen-bond donors (Lipinski definition) is 0. The Morgan fingerprint density at radius 3 is 2.39 bits per heavy atom. The van der Waals surface area contributed by atoms with Gasteiger partial charge in [-0.05, 0) is 43.0 Å². The second kappa shape index (κ2) is 9.40. The summed E-state index contributed by atoms with van der Waals surface area (Å²) in [5, 5.41) is 4.51. The number of benzene rings is 2. The van der Waals surface area contributed by atoms with E-state index in [1.165, 1.54) is 16.7 Å². The summed E-state index contributed by atoms with van der Waals surface area (Å²) in [6, 6.07) is 19.0. The minimum Gasteiger partial charge on any atom is -0.481 e. The summed E-state index contributed by atoms with van der Waals surface area (Å²) in [7, 11) is 7.31. The topological polar surface area (TPSA) is 50.6 Å². The molecule has 0 bridgehead atoms. The number of rotatable bonds is 7. The third-order valence-electron chi connectivity index (χ3n) is 6.76. The lowest BCUT2D eigenvalue weighted by molar-refractivity contribution is -0.138. The number of amides is 1. The van der Waals surface area contributed by atoms with E-state index in [1.54, 1.807) is 16.7 Å². The minimum absolute atomic E-state index is 0.201. The van der Waals surface area contributed by atoms with Crippen LogP contribution in [0.2, 0.25) is 0 Å². The summed E-state index contributed by atoms with van der Waals surface area (Å²) in [4.78, 5) is 17.5. The van der Waals surface area contributed by atoms with Crippen LogP contribution in [0, 0.1) is 12.3 Å². The van der Waals surface area contributed by atoms with Gasteiger partial charge in [0.25, 0.3) is 0 Å². The number of hydrogen-bond acceptors (Lipinski definition) is 4. The van der Waals surface area contributed by atoms with Gasteiger partial charge in [-0.25, -0.2) is 4.68 Å². The van der Waals surface area contributed by atoms with Gasteiger partial charge in [0.05, 0.1) is 23.8 Å². The number of methoxy groups -OCH3 is 1. The summed E-state index contributed by atoms with van der Waals surface area (Å²) >= 11 is 0. The Morgan fingerprint density at radius 2 is 1.76 bits per heavy atom. The lowest BCUT2D eigenvalue weighted by Gasteiger charge is -2.31. The fourth-order valence-corrected chi connectivity index (χ4v) is 5.14. The molecule has 4 rings (SSSR count). The van der Waals surface area contributed by atoms with Crippen molar-refractivity contribution in [2.45, 2.75) is 26.3 Å². The van der Waals surface area contributed by atoms with Crippen LogP contribution in [0.25, 0.3) is 11.1 Å². The Morgan fingerprint density at radius 1 is 1.09 bits per heavy atom. The Hall–Kier alpha value is -3.12. The van der Waals surface area contributed by atoms with Gasteiger partial charge in [-0.3, -0.25) is 9.69 Å². The summed E-state index contributed by atoms with van der Waals surface area (Å²) in [6.07, 6.45) is 1.57. The predicted octanol–water partition coefficient (Wildman–Crippen LogP) is 3.93. The molecule has 0 unspecified atom stereocenters. The van der Waals surface area contributed by atoms with Gasteiger partial charge in [0.15, 0.2) is 0 Å². The highest BCUT2D eigenvalue weighted by Gasteiger charge is 2.45. The van der Waals surface area contributed by atoms with E-state index in [-0.39, 0.29) is 5.91 Å². The molecule has 1 atom stereocenters. The molecule has 1 aromatic heterocycles. The van der Waals surface area contributed by atoms with Crippen molar-refractivity contribution in [3.8, 4) is 17.0 Å². The molecular weight excluding hydrogens is 412 g/mol. The van der Waals surface area contributed by atoms with Gasteiger partial charge in [0, 0.05) is 34.2 Å². The van der Waals surface area contributed by atoms with Crippen molar-refractivity contribution < 1.29 is 9.53 Å². The maximum absolute atomic E-state index is 13.4. The van der Waals surface area contributed by atoms with Crippen molar-refractivity contribution in [1.82, 2.24) is 19.6 Å². The Labute approximate surface area is 196 Å². The average molecular weight is 447 g/mol. The Kier molecular flexibility index (Phi) is 6.56. The van der Waals surface area contributed by atoms with Crippen LogP contribution in [0.4, 0.5) is 0 Å². The first-order valence-electron chi connectivity index (χ1n) is 11.5. The lowest BCUT2D eigenvalue weighted by Crippen LogP contribution is -2.43. The molecule has 1 saturated heterocycles. The number of carbonyl (C=O) groups is 1. The van der Waals surface area contributed by atoms with Gasteiger partial charge < -0.3 is 9.64 Å². The summed E-state index contributed by atoms with van der Waals surface area (Å²) in [6.45, 7) is 4.35. The van der Waals surface area contributed by atoms with E-state index < -0.39 is 5.41 Å². The fraction of sp³-hybridized carbons (Fsp3) is 0.407. The molecule has 174 valence electrons. The molecule has 0 radical (unpaired) electrons. The molecule has 3 aromatic rings. The van der Waals surface area contributed by atoms with Gasteiger partial charge in [0.2, 0.25) is 11.8 Å². The van der Waals surface area contributed by atoms with Gasteiger partial charge >= 0.3 is 0 Å². The molecule has 2 heterocycles. The number of carbonyl (C=O) groups excluding carboxylic acids is 1. The van der Waals surface area contributed by atoms with Crippen molar-refractivity contribution in [1.29, 1.82) is 0 Å². The van der Waals surface area contributed by atoms with Crippen molar-refractivity contribution in [3.05, 3.63) is 71.4 Å². The number of aryl methyl sites for hydroxylation is 2. The largest absolute Gasteiger partial charge is 0.481 e.